The lowest BCUT2D eigenvalue weighted by atomic mass is 10.2. The predicted molar refractivity (Wildman–Crippen MR) is 69.6 cm³/mol. The van der Waals surface area contributed by atoms with E-state index in [-0.39, 0.29) is 13.1 Å². The predicted octanol–water partition coefficient (Wildman–Crippen LogP) is 3.43. The first-order chi connectivity index (χ1) is 9.56. The Kier molecular flexibility index (Phi) is 4.30. The Morgan fingerprint density at radius 1 is 1.25 bits per heavy atom. The van der Waals surface area contributed by atoms with E-state index in [4.69, 9.17) is 4.42 Å². The SMILES string of the molecule is C=C(F)C(=O)N(Cc1cccc(F)c1)Cc1ccco1. The molecule has 2 aromatic rings. The van der Waals surface area contributed by atoms with E-state index in [9.17, 15) is 13.6 Å². The fourth-order valence-corrected chi connectivity index (χ4v) is 1.82. The van der Waals surface area contributed by atoms with Crippen LogP contribution in [0.2, 0.25) is 0 Å². The number of furan rings is 1. The van der Waals surface area contributed by atoms with Gasteiger partial charge in [-0.2, -0.15) is 0 Å². The van der Waals surface area contributed by atoms with Crippen LogP contribution in [0.3, 0.4) is 0 Å². The van der Waals surface area contributed by atoms with Crippen molar-refractivity contribution in [1.29, 1.82) is 0 Å². The van der Waals surface area contributed by atoms with Gasteiger partial charge in [0.15, 0.2) is 5.83 Å². The zero-order valence-corrected chi connectivity index (χ0v) is 10.7. The third kappa shape index (κ3) is 3.54. The highest BCUT2D eigenvalue weighted by molar-refractivity contribution is 5.90. The number of amides is 1. The van der Waals surface area contributed by atoms with E-state index in [2.05, 4.69) is 6.58 Å². The average molecular weight is 277 g/mol. The monoisotopic (exact) mass is 277 g/mol. The van der Waals surface area contributed by atoms with Gasteiger partial charge >= 0.3 is 0 Å². The highest BCUT2D eigenvalue weighted by Crippen LogP contribution is 2.14. The minimum atomic E-state index is -1.06. The number of benzene rings is 1. The summed E-state index contributed by atoms with van der Waals surface area (Å²) in [5.74, 6) is -1.80. The molecule has 1 amide bonds. The van der Waals surface area contributed by atoms with Gasteiger partial charge in [0.2, 0.25) is 0 Å². The van der Waals surface area contributed by atoms with Crippen molar-refractivity contribution in [3.8, 4) is 0 Å². The van der Waals surface area contributed by atoms with Crippen LogP contribution in [0.4, 0.5) is 8.78 Å². The van der Waals surface area contributed by atoms with E-state index in [0.29, 0.717) is 11.3 Å². The Hall–Kier alpha value is -2.43. The lowest BCUT2D eigenvalue weighted by Crippen LogP contribution is -2.30. The van der Waals surface area contributed by atoms with Gasteiger partial charge in [0.1, 0.15) is 11.6 Å². The van der Waals surface area contributed by atoms with Gasteiger partial charge in [0.25, 0.3) is 5.91 Å². The fourth-order valence-electron chi connectivity index (χ4n) is 1.82. The third-order valence-electron chi connectivity index (χ3n) is 2.71. The molecule has 0 bridgehead atoms. The summed E-state index contributed by atoms with van der Waals surface area (Å²) in [7, 11) is 0. The van der Waals surface area contributed by atoms with Crippen LogP contribution in [0.15, 0.2) is 59.5 Å². The van der Waals surface area contributed by atoms with Crippen LogP contribution in [-0.4, -0.2) is 10.8 Å². The Bertz CT molecular complexity index is 608. The minimum Gasteiger partial charge on any atom is -0.467 e. The summed E-state index contributed by atoms with van der Waals surface area (Å²) in [4.78, 5) is 13.0. The zero-order valence-electron chi connectivity index (χ0n) is 10.7. The molecule has 0 aliphatic carbocycles. The van der Waals surface area contributed by atoms with Crippen molar-refractivity contribution in [3.63, 3.8) is 0 Å². The van der Waals surface area contributed by atoms with Gasteiger partial charge in [-0.3, -0.25) is 4.79 Å². The molecule has 0 fully saturated rings. The van der Waals surface area contributed by atoms with Crippen LogP contribution in [0, 0.1) is 5.82 Å². The van der Waals surface area contributed by atoms with Crippen molar-refractivity contribution in [2.75, 3.05) is 0 Å². The zero-order chi connectivity index (χ0) is 14.5. The number of halogens is 2. The highest BCUT2D eigenvalue weighted by atomic mass is 19.1. The largest absolute Gasteiger partial charge is 0.467 e. The molecule has 0 unspecified atom stereocenters. The normalized spacial score (nSPS) is 10.3. The van der Waals surface area contributed by atoms with Gasteiger partial charge in [-0.15, -0.1) is 0 Å². The first-order valence-corrected chi connectivity index (χ1v) is 5.97. The molecule has 0 aliphatic rings. The molecule has 0 radical (unpaired) electrons. The molecule has 5 heteroatoms. The van der Waals surface area contributed by atoms with Crippen molar-refractivity contribution in [2.24, 2.45) is 0 Å². The summed E-state index contributed by atoms with van der Waals surface area (Å²) in [5.41, 5.74) is 0.561. The summed E-state index contributed by atoms with van der Waals surface area (Å²) >= 11 is 0. The van der Waals surface area contributed by atoms with Crippen LogP contribution in [0.1, 0.15) is 11.3 Å². The van der Waals surface area contributed by atoms with Crippen molar-refractivity contribution >= 4 is 5.91 Å². The van der Waals surface area contributed by atoms with Crippen LogP contribution in [0.5, 0.6) is 0 Å². The summed E-state index contributed by atoms with van der Waals surface area (Å²) in [6.45, 7) is 3.16. The molecule has 0 saturated heterocycles. The Morgan fingerprint density at radius 3 is 2.65 bits per heavy atom. The van der Waals surface area contributed by atoms with Gasteiger partial charge < -0.3 is 9.32 Å². The van der Waals surface area contributed by atoms with E-state index in [1.807, 2.05) is 0 Å². The van der Waals surface area contributed by atoms with Crippen molar-refractivity contribution < 1.29 is 18.0 Å². The van der Waals surface area contributed by atoms with Gasteiger partial charge in [-0.25, -0.2) is 8.78 Å². The second-order valence-corrected chi connectivity index (χ2v) is 4.28. The molecule has 2 rings (SSSR count). The molecule has 0 atom stereocenters. The number of rotatable bonds is 5. The van der Waals surface area contributed by atoms with Crippen LogP contribution >= 0.6 is 0 Å². The number of carbonyl (C=O) groups excluding carboxylic acids is 1. The molecule has 1 heterocycles. The number of nitrogens with zero attached hydrogens (tertiary/aromatic N) is 1. The average Bonchev–Trinajstić information content (AvgIpc) is 2.90. The molecule has 0 saturated carbocycles. The lowest BCUT2D eigenvalue weighted by molar-refractivity contribution is -0.130. The van der Waals surface area contributed by atoms with E-state index in [0.717, 1.165) is 0 Å². The van der Waals surface area contributed by atoms with Crippen molar-refractivity contribution in [3.05, 3.63) is 72.2 Å². The van der Waals surface area contributed by atoms with Gasteiger partial charge in [0, 0.05) is 6.54 Å². The fraction of sp³-hybridized carbons (Fsp3) is 0.133. The molecule has 0 spiro atoms. The van der Waals surface area contributed by atoms with E-state index in [1.54, 1.807) is 18.2 Å². The summed E-state index contributed by atoms with van der Waals surface area (Å²) in [6.07, 6.45) is 1.46. The van der Waals surface area contributed by atoms with Gasteiger partial charge in [-0.05, 0) is 29.8 Å². The standard InChI is InChI=1S/C15H13F2NO2/c1-11(16)15(19)18(10-14-6-3-7-20-14)9-12-4-2-5-13(17)8-12/h2-8H,1,9-10H2. The Morgan fingerprint density at radius 2 is 2.05 bits per heavy atom. The summed E-state index contributed by atoms with van der Waals surface area (Å²) < 4.78 is 31.3. The molecule has 0 aliphatic heterocycles. The van der Waals surface area contributed by atoms with E-state index >= 15 is 0 Å². The molecule has 104 valence electrons. The van der Waals surface area contributed by atoms with E-state index < -0.39 is 17.6 Å². The smallest absolute Gasteiger partial charge is 0.282 e. The molecule has 1 aromatic heterocycles. The van der Waals surface area contributed by atoms with Crippen molar-refractivity contribution in [2.45, 2.75) is 13.1 Å². The second-order valence-electron chi connectivity index (χ2n) is 4.28. The minimum absolute atomic E-state index is 0.0697. The maximum absolute atomic E-state index is 13.1. The van der Waals surface area contributed by atoms with Gasteiger partial charge in [0.05, 0.1) is 12.8 Å². The number of carbonyl (C=O) groups is 1. The first-order valence-electron chi connectivity index (χ1n) is 5.97. The lowest BCUT2D eigenvalue weighted by Gasteiger charge is -2.20. The summed E-state index contributed by atoms with van der Waals surface area (Å²) in [5, 5.41) is 0. The van der Waals surface area contributed by atoms with Gasteiger partial charge in [-0.1, -0.05) is 18.7 Å². The number of hydrogen-bond donors (Lipinski definition) is 0. The molecule has 3 nitrogen and oxygen atoms in total. The maximum atomic E-state index is 13.1. The molecule has 20 heavy (non-hydrogen) atoms. The third-order valence-corrected chi connectivity index (χ3v) is 2.71. The maximum Gasteiger partial charge on any atom is 0.282 e. The quantitative estimate of drug-likeness (QED) is 0.784. The first kappa shape index (κ1) is 14.0. The second kappa shape index (κ2) is 6.14. The van der Waals surface area contributed by atoms with E-state index in [1.165, 1.54) is 29.4 Å². The summed E-state index contributed by atoms with van der Waals surface area (Å²) in [6, 6.07) is 9.13. The highest BCUT2D eigenvalue weighted by Gasteiger charge is 2.18. The number of hydrogen-bond acceptors (Lipinski definition) is 2. The van der Waals surface area contributed by atoms with Crippen LogP contribution in [-0.2, 0) is 17.9 Å². The Balaban J connectivity index is 2.18. The molecule has 1 aromatic carbocycles. The topological polar surface area (TPSA) is 33.5 Å². The molecular weight excluding hydrogens is 264 g/mol. The van der Waals surface area contributed by atoms with Crippen molar-refractivity contribution in [1.82, 2.24) is 4.90 Å². The molecular formula is C15H13F2NO2. The molecule has 0 N–H and O–H groups in total. The van der Waals surface area contributed by atoms with Crippen LogP contribution in [0.25, 0.3) is 0 Å². The van der Waals surface area contributed by atoms with Crippen LogP contribution < -0.4 is 0 Å². The Labute approximate surface area is 115 Å².